The number of benzene rings is 1. The third-order valence-corrected chi connectivity index (χ3v) is 5.07. The molecule has 0 saturated carbocycles. The minimum atomic E-state index is 0.215. The normalized spacial score (nSPS) is 16.7. The average molecular weight is 357 g/mol. The lowest BCUT2D eigenvalue weighted by Crippen LogP contribution is -2.38. The van der Waals surface area contributed by atoms with E-state index in [2.05, 4.69) is 9.55 Å². The molecule has 0 radical (unpaired) electrons. The van der Waals surface area contributed by atoms with Crippen molar-refractivity contribution >= 4 is 5.91 Å². The SMILES string of the molecule is COc1cc(CCC(=O)N2CCCC2Cn2ccnc2C)cc(OC)c1. The number of rotatable bonds is 7. The van der Waals surface area contributed by atoms with Crippen molar-refractivity contribution in [3.8, 4) is 11.5 Å². The van der Waals surface area contributed by atoms with Gasteiger partial charge in [0.2, 0.25) is 5.91 Å². The highest BCUT2D eigenvalue weighted by molar-refractivity contribution is 5.77. The zero-order chi connectivity index (χ0) is 18.5. The Labute approximate surface area is 154 Å². The summed E-state index contributed by atoms with van der Waals surface area (Å²) in [4.78, 5) is 19.1. The van der Waals surface area contributed by atoms with Crippen molar-refractivity contribution in [3.05, 3.63) is 42.0 Å². The largest absolute Gasteiger partial charge is 0.497 e. The lowest BCUT2D eigenvalue weighted by atomic mass is 10.1. The van der Waals surface area contributed by atoms with Gasteiger partial charge in [-0.2, -0.15) is 0 Å². The van der Waals surface area contributed by atoms with E-state index in [-0.39, 0.29) is 11.9 Å². The summed E-state index contributed by atoms with van der Waals surface area (Å²) >= 11 is 0. The second-order valence-corrected chi connectivity index (χ2v) is 6.73. The quantitative estimate of drug-likeness (QED) is 0.765. The number of aryl methyl sites for hydroxylation is 2. The molecule has 1 unspecified atom stereocenters. The molecule has 6 heteroatoms. The molecule has 6 nitrogen and oxygen atoms in total. The van der Waals surface area contributed by atoms with E-state index in [9.17, 15) is 4.79 Å². The molecule has 2 aromatic rings. The van der Waals surface area contributed by atoms with E-state index in [0.29, 0.717) is 12.8 Å². The van der Waals surface area contributed by atoms with Crippen LogP contribution in [0.5, 0.6) is 11.5 Å². The highest BCUT2D eigenvalue weighted by atomic mass is 16.5. The van der Waals surface area contributed by atoms with Gasteiger partial charge in [-0.3, -0.25) is 4.79 Å². The molecule has 0 aliphatic carbocycles. The van der Waals surface area contributed by atoms with Gasteiger partial charge in [-0.1, -0.05) is 0 Å². The number of nitrogens with zero attached hydrogens (tertiary/aromatic N) is 3. The molecule has 0 bridgehead atoms. The molecule has 1 amide bonds. The van der Waals surface area contributed by atoms with Gasteiger partial charge in [0, 0.05) is 44.0 Å². The van der Waals surface area contributed by atoms with Crippen LogP contribution in [0.1, 0.15) is 30.7 Å². The summed E-state index contributed by atoms with van der Waals surface area (Å²) in [6, 6.07) is 6.03. The first kappa shape index (κ1) is 18.3. The third-order valence-electron chi connectivity index (χ3n) is 5.07. The molecule has 3 rings (SSSR count). The van der Waals surface area contributed by atoms with Crippen LogP contribution in [0, 0.1) is 6.92 Å². The van der Waals surface area contributed by atoms with Crippen LogP contribution in [0.25, 0.3) is 0 Å². The molecule has 1 aliphatic heterocycles. The minimum Gasteiger partial charge on any atom is -0.497 e. The standard InChI is InChI=1S/C20H27N3O3/c1-15-21-8-10-22(15)14-17-5-4-9-23(17)20(24)7-6-16-11-18(25-2)13-19(12-16)26-3/h8,10-13,17H,4-7,9,14H2,1-3H3. The number of carbonyl (C=O) groups is 1. The molecule has 140 valence electrons. The monoisotopic (exact) mass is 357 g/mol. The number of amides is 1. The first-order valence-electron chi connectivity index (χ1n) is 9.10. The number of hydrogen-bond acceptors (Lipinski definition) is 4. The van der Waals surface area contributed by atoms with E-state index >= 15 is 0 Å². The van der Waals surface area contributed by atoms with Crippen LogP contribution in [-0.2, 0) is 17.8 Å². The predicted octanol–water partition coefficient (Wildman–Crippen LogP) is 2.83. The van der Waals surface area contributed by atoms with Gasteiger partial charge < -0.3 is 18.9 Å². The van der Waals surface area contributed by atoms with Crippen LogP contribution in [0.15, 0.2) is 30.6 Å². The Morgan fingerprint density at radius 3 is 2.58 bits per heavy atom. The molecule has 1 saturated heterocycles. The van der Waals surface area contributed by atoms with Gasteiger partial charge in [-0.15, -0.1) is 0 Å². The summed E-state index contributed by atoms with van der Waals surface area (Å²) in [5.41, 5.74) is 1.05. The van der Waals surface area contributed by atoms with Gasteiger partial charge >= 0.3 is 0 Å². The van der Waals surface area contributed by atoms with Crippen molar-refractivity contribution in [3.63, 3.8) is 0 Å². The lowest BCUT2D eigenvalue weighted by Gasteiger charge is -2.25. The lowest BCUT2D eigenvalue weighted by molar-refractivity contribution is -0.132. The Kier molecular flexibility index (Phi) is 5.81. The molecule has 0 spiro atoms. The van der Waals surface area contributed by atoms with Gasteiger partial charge in [-0.25, -0.2) is 4.98 Å². The second kappa shape index (κ2) is 8.25. The van der Waals surface area contributed by atoms with Crippen molar-refractivity contribution in [1.82, 2.24) is 14.5 Å². The average Bonchev–Trinajstić information content (AvgIpc) is 3.29. The van der Waals surface area contributed by atoms with Crippen LogP contribution >= 0.6 is 0 Å². The smallest absolute Gasteiger partial charge is 0.223 e. The van der Waals surface area contributed by atoms with Crippen LogP contribution in [0.2, 0.25) is 0 Å². The topological polar surface area (TPSA) is 56.6 Å². The summed E-state index contributed by atoms with van der Waals surface area (Å²) in [5, 5.41) is 0. The van der Waals surface area contributed by atoms with Gasteiger partial charge in [0.25, 0.3) is 0 Å². The van der Waals surface area contributed by atoms with Crippen molar-refractivity contribution in [2.24, 2.45) is 0 Å². The molecule has 1 aromatic heterocycles. The van der Waals surface area contributed by atoms with Gasteiger partial charge in [0.05, 0.1) is 14.2 Å². The zero-order valence-corrected chi connectivity index (χ0v) is 15.8. The summed E-state index contributed by atoms with van der Waals surface area (Å²) in [6.07, 6.45) is 7.09. The number of hydrogen-bond donors (Lipinski definition) is 0. The van der Waals surface area contributed by atoms with E-state index in [1.807, 2.05) is 42.4 Å². The maximum atomic E-state index is 12.8. The highest BCUT2D eigenvalue weighted by Crippen LogP contribution is 2.25. The summed E-state index contributed by atoms with van der Waals surface area (Å²) in [6.45, 7) is 3.67. The van der Waals surface area contributed by atoms with Crippen molar-refractivity contribution in [1.29, 1.82) is 0 Å². The molecule has 2 heterocycles. The fourth-order valence-corrected chi connectivity index (χ4v) is 3.58. The number of aromatic nitrogens is 2. The second-order valence-electron chi connectivity index (χ2n) is 6.73. The summed E-state index contributed by atoms with van der Waals surface area (Å²) in [7, 11) is 3.27. The maximum Gasteiger partial charge on any atom is 0.223 e. The molecule has 1 atom stereocenters. The zero-order valence-electron chi connectivity index (χ0n) is 15.8. The van der Waals surface area contributed by atoms with E-state index in [0.717, 1.165) is 48.8 Å². The Bertz CT molecular complexity index is 734. The predicted molar refractivity (Wildman–Crippen MR) is 99.6 cm³/mol. The molecular weight excluding hydrogens is 330 g/mol. The highest BCUT2D eigenvalue weighted by Gasteiger charge is 2.28. The molecule has 26 heavy (non-hydrogen) atoms. The Balaban J connectivity index is 1.61. The number of imidazole rings is 1. The molecule has 1 aliphatic rings. The van der Waals surface area contributed by atoms with Crippen molar-refractivity contribution < 1.29 is 14.3 Å². The first-order chi connectivity index (χ1) is 12.6. The van der Waals surface area contributed by atoms with E-state index < -0.39 is 0 Å². The number of ether oxygens (including phenoxy) is 2. The Hall–Kier alpha value is -2.50. The van der Waals surface area contributed by atoms with Gasteiger partial charge in [-0.05, 0) is 43.9 Å². The Morgan fingerprint density at radius 1 is 1.23 bits per heavy atom. The summed E-state index contributed by atoms with van der Waals surface area (Å²) in [5.74, 6) is 2.71. The third kappa shape index (κ3) is 4.18. The van der Waals surface area contributed by atoms with Crippen molar-refractivity contribution in [2.75, 3.05) is 20.8 Å². The van der Waals surface area contributed by atoms with Crippen molar-refractivity contribution in [2.45, 2.75) is 45.2 Å². The first-order valence-corrected chi connectivity index (χ1v) is 9.10. The van der Waals surface area contributed by atoms with E-state index in [1.165, 1.54) is 0 Å². The molecule has 0 N–H and O–H groups in total. The molecular formula is C20H27N3O3. The molecule has 1 fully saturated rings. The van der Waals surface area contributed by atoms with E-state index in [1.54, 1.807) is 14.2 Å². The number of carbonyl (C=O) groups excluding carboxylic acids is 1. The minimum absolute atomic E-state index is 0.215. The maximum absolute atomic E-state index is 12.8. The van der Waals surface area contributed by atoms with Crippen LogP contribution < -0.4 is 9.47 Å². The van der Waals surface area contributed by atoms with E-state index in [4.69, 9.17) is 9.47 Å². The summed E-state index contributed by atoms with van der Waals surface area (Å²) < 4.78 is 12.7. The number of methoxy groups -OCH3 is 2. The van der Waals surface area contributed by atoms with Crippen LogP contribution in [0.4, 0.5) is 0 Å². The van der Waals surface area contributed by atoms with Crippen LogP contribution in [-0.4, -0.2) is 47.2 Å². The Morgan fingerprint density at radius 2 is 1.96 bits per heavy atom. The molecule has 1 aromatic carbocycles. The fourth-order valence-electron chi connectivity index (χ4n) is 3.58. The number of likely N-dealkylation sites (tertiary alicyclic amines) is 1. The van der Waals surface area contributed by atoms with Gasteiger partial charge in [0.1, 0.15) is 17.3 Å². The van der Waals surface area contributed by atoms with Crippen LogP contribution in [0.3, 0.4) is 0 Å². The van der Waals surface area contributed by atoms with Gasteiger partial charge in [0.15, 0.2) is 0 Å². The fraction of sp³-hybridized carbons (Fsp3) is 0.500.